The third-order valence-corrected chi connectivity index (χ3v) is 5.54. The summed E-state index contributed by atoms with van der Waals surface area (Å²) in [5.74, 6) is 25.2. The van der Waals surface area contributed by atoms with Gasteiger partial charge in [-0.1, -0.05) is 82.5 Å². The van der Waals surface area contributed by atoms with Crippen molar-refractivity contribution in [3.63, 3.8) is 0 Å². The molecule has 0 unspecified atom stereocenters. The average molecular weight is 743 g/mol. The molecule has 0 radical (unpaired) electrons. The molecule has 0 aromatic rings. The summed E-state index contributed by atoms with van der Waals surface area (Å²) in [7, 11) is 0. The zero-order valence-corrected chi connectivity index (χ0v) is 40.6. The molecular weight excluding hydrogens is 649 g/mol. The van der Waals surface area contributed by atoms with Gasteiger partial charge in [0.05, 0.1) is 11.2 Å². The van der Waals surface area contributed by atoms with Gasteiger partial charge in [0, 0.05) is 52.6 Å². The standard InChI is InChI=1S/C10H16.C9H16.C8H14O.C8H18O.C8H14.C7H16O/c1-9(2,3)5-6-10(4)7-8-10;1-8(2)6-7-9(3,4)5;1-7(9)5-6-8(2,3)4;1-5-6-7-9-8(2,3)4;1-5-6-7-8(2,3)4;1-5-6-8-7(2,3)4/h7-8H2,1-4H3;8H,1-5H3;7,9H,1-4H3;5-7H2,1-4H3;5H2,1-4H3;5-6H2,1-4H3/t;;7-;;;/m..1.../s1. The van der Waals surface area contributed by atoms with Gasteiger partial charge in [-0.15, -0.1) is 5.92 Å². The van der Waals surface area contributed by atoms with Crippen molar-refractivity contribution in [2.24, 2.45) is 33.0 Å². The maximum absolute atomic E-state index is 8.74. The summed E-state index contributed by atoms with van der Waals surface area (Å²) in [5, 5.41) is 8.74. The van der Waals surface area contributed by atoms with Gasteiger partial charge in [-0.25, -0.2) is 0 Å². The molecule has 1 fully saturated rings. The molecule has 3 nitrogen and oxygen atoms in total. The molecule has 53 heavy (non-hydrogen) atoms. The fourth-order valence-corrected chi connectivity index (χ4v) is 2.62. The minimum Gasteiger partial charge on any atom is -0.381 e. The minimum atomic E-state index is -0.496. The summed E-state index contributed by atoms with van der Waals surface area (Å²) in [6.45, 7) is 54.0. The number of aliphatic hydroxyl groups excluding tert-OH is 1. The number of aliphatic hydroxyl groups is 1. The monoisotopic (exact) mass is 743 g/mol. The number of hydrogen-bond donors (Lipinski definition) is 1. The lowest BCUT2D eigenvalue weighted by Gasteiger charge is -2.18. The van der Waals surface area contributed by atoms with Crippen LogP contribution in [0.5, 0.6) is 0 Å². The Hall–Kier alpha value is -1.88. The van der Waals surface area contributed by atoms with Gasteiger partial charge >= 0.3 is 0 Å². The van der Waals surface area contributed by atoms with E-state index in [1.807, 2.05) is 20.8 Å². The van der Waals surface area contributed by atoms with Crippen LogP contribution in [0.25, 0.3) is 0 Å². The molecule has 0 heterocycles. The molecule has 0 aromatic carbocycles. The first-order chi connectivity index (χ1) is 23.4. The van der Waals surface area contributed by atoms with Crippen LogP contribution in [0.15, 0.2) is 0 Å². The topological polar surface area (TPSA) is 38.7 Å². The Morgan fingerprint density at radius 2 is 0.925 bits per heavy atom. The number of ether oxygens (including phenoxy) is 2. The molecule has 312 valence electrons. The van der Waals surface area contributed by atoms with Crippen LogP contribution >= 0.6 is 0 Å². The average Bonchev–Trinajstić information content (AvgIpc) is 3.68. The SMILES string of the molecule is CC(C)(C)C#CC1(C)CC1.CC(C)C#CC(C)(C)C.CCC#CC(C)(C)C.CCCCOC(C)(C)C.CCCOC(C)(C)C.C[C@@H](O)C#CC(C)(C)C. The molecule has 1 atom stereocenters. The van der Waals surface area contributed by atoms with Crippen molar-refractivity contribution in [3.8, 4) is 47.4 Å². The maximum atomic E-state index is 8.74. The van der Waals surface area contributed by atoms with E-state index in [4.69, 9.17) is 14.6 Å². The van der Waals surface area contributed by atoms with Crippen molar-refractivity contribution >= 4 is 0 Å². The van der Waals surface area contributed by atoms with E-state index in [1.165, 1.54) is 25.7 Å². The number of unbranched alkanes of at least 4 members (excludes halogenated alkanes) is 1. The van der Waals surface area contributed by atoms with Crippen LogP contribution in [0.4, 0.5) is 0 Å². The molecule has 0 aromatic heterocycles. The van der Waals surface area contributed by atoms with Crippen molar-refractivity contribution in [3.05, 3.63) is 0 Å². The van der Waals surface area contributed by atoms with Crippen LogP contribution < -0.4 is 0 Å². The molecule has 1 aliphatic carbocycles. The van der Waals surface area contributed by atoms with Gasteiger partial charge in [-0.2, -0.15) is 0 Å². The second kappa shape index (κ2) is 29.4. The predicted molar refractivity (Wildman–Crippen MR) is 240 cm³/mol. The lowest BCUT2D eigenvalue weighted by atomic mass is 9.96. The Bertz CT molecular complexity index is 1080. The molecular formula is C50H94O3. The minimum absolute atomic E-state index is 0.0109. The van der Waals surface area contributed by atoms with E-state index in [1.54, 1.807) is 6.92 Å². The fourth-order valence-electron chi connectivity index (χ4n) is 2.62. The van der Waals surface area contributed by atoms with Crippen LogP contribution in [-0.4, -0.2) is 35.6 Å². The van der Waals surface area contributed by atoms with Crippen molar-refractivity contribution in [2.75, 3.05) is 13.2 Å². The van der Waals surface area contributed by atoms with E-state index in [-0.39, 0.29) is 32.9 Å². The summed E-state index contributed by atoms with van der Waals surface area (Å²) in [5.41, 5.74) is 1.06. The van der Waals surface area contributed by atoms with Crippen molar-refractivity contribution in [2.45, 2.75) is 229 Å². The largest absolute Gasteiger partial charge is 0.381 e. The van der Waals surface area contributed by atoms with Gasteiger partial charge < -0.3 is 14.6 Å². The highest BCUT2D eigenvalue weighted by molar-refractivity contribution is 5.20. The van der Waals surface area contributed by atoms with Crippen LogP contribution in [-0.2, 0) is 9.47 Å². The van der Waals surface area contributed by atoms with Crippen LogP contribution in [0.2, 0.25) is 0 Å². The molecule has 3 heteroatoms. The molecule has 0 bridgehead atoms. The molecule has 0 amide bonds. The van der Waals surface area contributed by atoms with Gasteiger partial charge in [0.1, 0.15) is 6.10 Å². The Kier molecular flexibility index (Phi) is 33.5. The van der Waals surface area contributed by atoms with Crippen molar-refractivity contribution in [1.82, 2.24) is 0 Å². The van der Waals surface area contributed by atoms with Gasteiger partial charge in [0.15, 0.2) is 0 Å². The smallest absolute Gasteiger partial charge is 0.111 e. The van der Waals surface area contributed by atoms with Gasteiger partial charge in [0.25, 0.3) is 0 Å². The van der Waals surface area contributed by atoms with E-state index in [2.05, 4.69) is 193 Å². The van der Waals surface area contributed by atoms with Gasteiger partial charge in [0.2, 0.25) is 0 Å². The van der Waals surface area contributed by atoms with E-state index < -0.39 is 6.10 Å². The molecule has 1 N–H and O–H groups in total. The zero-order chi connectivity index (χ0) is 43.4. The van der Waals surface area contributed by atoms with E-state index in [0.717, 1.165) is 26.1 Å². The third kappa shape index (κ3) is 79.9. The molecule has 1 aliphatic rings. The van der Waals surface area contributed by atoms with Gasteiger partial charge in [-0.05, 0) is 164 Å². The Morgan fingerprint density at radius 1 is 0.547 bits per heavy atom. The number of hydrogen-bond acceptors (Lipinski definition) is 3. The van der Waals surface area contributed by atoms with Crippen LogP contribution in [0, 0.1) is 80.4 Å². The zero-order valence-electron chi connectivity index (χ0n) is 40.6. The lowest BCUT2D eigenvalue weighted by Crippen LogP contribution is -2.19. The summed E-state index contributed by atoms with van der Waals surface area (Å²) in [4.78, 5) is 0. The first kappa shape index (κ1) is 60.4. The molecule has 1 saturated carbocycles. The van der Waals surface area contributed by atoms with Crippen LogP contribution in [0.3, 0.4) is 0 Å². The number of rotatable bonds is 5. The first-order valence-corrected chi connectivity index (χ1v) is 20.5. The van der Waals surface area contributed by atoms with Gasteiger partial charge in [-0.3, -0.25) is 0 Å². The normalized spacial score (nSPS) is 13.6. The highest BCUT2D eigenvalue weighted by atomic mass is 16.5. The molecule has 0 aliphatic heterocycles. The van der Waals surface area contributed by atoms with E-state index >= 15 is 0 Å². The summed E-state index contributed by atoms with van der Waals surface area (Å²) in [6, 6.07) is 0. The highest BCUT2D eigenvalue weighted by Gasteiger charge is 2.35. The summed E-state index contributed by atoms with van der Waals surface area (Å²) >= 11 is 0. The second-order valence-corrected chi connectivity index (χ2v) is 20.6. The fraction of sp³-hybridized carbons (Fsp3) is 0.840. The summed E-state index contributed by atoms with van der Waals surface area (Å²) in [6.07, 6.45) is 6.58. The molecule has 0 saturated heterocycles. The first-order valence-electron chi connectivity index (χ1n) is 20.5. The van der Waals surface area contributed by atoms with E-state index in [9.17, 15) is 0 Å². The Labute approximate surface area is 336 Å². The van der Waals surface area contributed by atoms with E-state index in [0.29, 0.717) is 11.3 Å². The molecule has 0 spiro atoms. The Balaban J connectivity index is -0.000000174. The lowest BCUT2D eigenvalue weighted by molar-refractivity contribution is -0.00422. The Morgan fingerprint density at radius 3 is 1.11 bits per heavy atom. The summed E-state index contributed by atoms with van der Waals surface area (Å²) < 4.78 is 10.8. The molecule has 1 rings (SSSR count). The quantitative estimate of drug-likeness (QED) is 0.225. The van der Waals surface area contributed by atoms with Crippen molar-refractivity contribution < 1.29 is 14.6 Å². The highest BCUT2D eigenvalue weighted by Crippen LogP contribution is 2.44. The predicted octanol–water partition coefficient (Wildman–Crippen LogP) is 14.2. The van der Waals surface area contributed by atoms with Crippen molar-refractivity contribution in [1.29, 1.82) is 0 Å². The van der Waals surface area contributed by atoms with Crippen LogP contribution in [0.1, 0.15) is 212 Å². The maximum Gasteiger partial charge on any atom is 0.111 e. The third-order valence-electron chi connectivity index (χ3n) is 5.54. The second-order valence-electron chi connectivity index (χ2n) is 20.6.